The first-order valence-electron chi connectivity index (χ1n) is 8.44. The zero-order chi connectivity index (χ0) is 13.8. The molecule has 2 nitrogen and oxygen atoms in total. The van der Waals surface area contributed by atoms with E-state index < -0.39 is 0 Å². The van der Waals surface area contributed by atoms with Gasteiger partial charge in [-0.2, -0.15) is 0 Å². The smallest absolute Gasteiger partial charge is 0.0398 e. The maximum absolute atomic E-state index is 3.68. The van der Waals surface area contributed by atoms with E-state index in [9.17, 15) is 0 Å². The molecule has 0 radical (unpaired) electrons. The van der Waals surface area contributed by atoms with Crippen molar-refractivity contribution in [3.63, 3.8) is 0 Å². The van der Waals surface area contributed by atoms with Gasteiger partial charge in [-0.3, -0.25) is 0 Å². The van der Waals surface area contributed by atoms with Crippen molar-refractivity contribution in [3.05, 3.63) is 29.8 Å². The van der Waals surface area contributed by atoms with Crippen LogP contribution in [0.3, 0.4) is 0 Å². The molecule has 3 rings (SSSR count). The number of benzene rings is 1. The van der Waals surface area contributed by atoms with E-state index in [0.717, 1.165) is 18.5 Å². The molecule has 1 heterocycles. The van der Waals surface area contributed by atoms with Crippen molar-refractivity contribution < 1.29 is 0 Å². The normalized spacial score (nSPS) is 25.8. The molecule has 2 atom stereocenters. The number of nitrogens with one attached hydrogen (secondary N) is 1. The van der Waals surface area contributed by atoms with Crippen LogP contribution in [0.5, 0.6) is 0 Å². The monoisotopic (exact) mass is 272 g/mol. The minimum Gasteiger partial charge on any atom is -0.371 e. The Morgan fingerprint density at radius 3 is 3.00 bits per heavy atom. The first-order chi connectivity index (χ1) is 9.88. The predicted octanol–water partition coefficient (Wildman–Crippen LogP) is 3.61. The van der Waals surface area contributed by atoms with E-state index in [4.69, 9.17) is 0 Å². The van der Waals surface area contributed by atoms with Gasteiger partial charge >= 0.3 is 0 Å². The molecule has 0 spiro atoms. The van der Waals surface area contributed by atoms with Gasteiger partial charge in [-0.05, 0) is 56.2 Å². The van der Waals surface area contributed by atoms with Crippen molar-refractivity contribution in [2.24, 2.45) is 5.92 Å². The second-order valence-electron chi connectivity index (χ2n) is 6.36. The summed E-state index contributed by atoms with van der Waals surface area (Å²) >= 11 is 0. The molecular weight excluding hydrogens is 244 g/mol. The molecule has 0 aromatic heterocycles. The topological polar surface area (TPSA) is 15.3 Å². The Balaban J connectivity index is 1.59. The fourth-order valence-corrected chi connectivity index (χ4v) is 4.08. The van der Waals surface area contributed by atoms with Crippen LogP contribution in [0.2, 0.25) is 0 Å². The molecule has 1 fully saturated rings. The van der Waals surface area contributed by atoms with Gasteiger partial charge < -0.3 is 10.2 Å². The van der Waals surface area contributed by atoms with Gasteiger partial charge in [0.05, 0.1) is 0 Å². The number of fused-ring (bicyclic) bond motifs is 1. The molecule has 20 heavy (non-hydrogen) atoms. The first-order valence-corrected chi connectivity index (χ1v) is 8.44. The molecule has 0 saturated heterocycles. The summed E-state index contributed by atoms with van der Waals surface area (Å²) in [6.07, 6.45) is 8.15. The molecule has 2 heteroatoms. The average Bonchev–Trinajstić information content (AvgIpc) is 2.93. The molecule has 1 aromatic carbocycles. The third-order valence-corrected chi connectivity index (χ3v) is 5.10. The van der Waals surface area contributed by atoms with Crippen LogP contribution in [0.4, 0.5) is 5.69 Å². The summed E-state index contributed by atoms with van der Waals surface area (Å²) in [5, 5.41) is 3.68. The van der Waals surface area contributed by atoms with E-state index in [2.05, 4.69) is 41.4 Å². The Labute approximate surface area is 123 Å². The highest BCUT2D eigenvalue weighted by atomic mass is 15.1. The van der Waals surface area contributed by atoms with Gasteiger partial charge in [-0.15, -0.1) is 0 Å². The first kappa shape index (κ1) is 13.9. The van der Waals surface area contributed by atoms with Crippen LogP contribution >= 0.6 is 0 Å². The summed E-state index contributed by atoms with van der Waals surface area (Å²) in [7, 11) is 0. The quantitative estimate of drug-likeness (QED) is 0.881. The van der Waals surface area contributed by atoms with Crippen LogP contribution in [0.15, 0.2) is 24.3 Å². The molecule has 1 aliphatic heterocycles. The number of anilines is 1. The molecular formula is C18H28N2. The molecule has 110 valence electrons. The Morgan fingerprint density at radius 2 is 2.10 bits per heavy atom. The van der Waals surface area contributed by atoms with Crippen LogP contribution in [-0.4, -0.2) is 25.7 Å². The second kappa shape index (κ2) is 6.62. The molecule has 1 aliphatic carbocycles. The molecule has 0 amide bonds. The minimum absolute atomic E-state index is 0.778. The fourth-order valence-electron chi connectivity index (χ4n) is 4.08. The Hall–Kier alpha value is -1.02. The van der Waals surface area contributed by atoms with Gasteiger partial charge in [0.25, 0.3) is 0 Å². The van der Waals surface area contributed by atoms with Gasteiger partial charge in [0, 0.05) is 24.8 Å². The Bertz CT molecular complexity index is 429. The van der Waals surface area contributed by atoms with E-state index in [1.807, 2.05) is 0 Å². The van der Waals surface area contributed by atoms with Gasteiger partial charge in [0.1, 0.15) is 0 Å². The van der Waals surface area contributed by atoms with Gasteiger partial charge in [-0.25, -0.2) is 0 Å². The zero-order valence-electron chi connectivity index (χ0n) is 12.8. The molecule has 2 aliphatic rings. The van der Waals surface area contributed by atoms with Crippen LogP contribution in [-0.2, 0) is 6.42 Å². The van der Waals surface area contributed by atoms with Crippen molar-refractivity contribution >= 4 is 5.69 Å². The van der Waals surface area contributed by atoms with E-state index in [0.29, 0.717) is 0 Å². The van der Waals surface area contributed by atoms with Crippen LogP contribution in [0.1, 0.15) is 44.6 Å². The highest BCUT2D eigenvalue weighted by Crippen LogP contribution is 2.31. The number of para-hydroxylation sites is 1. The number of nitrogens with zero attached hydrogens (tertiary/aromatic N) is 1. The van der Waals surface area contributed by atoms with E-state index in [1.165, 1.54) is 57.3 Å². The Morgan fingerprint density at radius 1 is 1.20 bits per heavy atom. The van der Waals surface area contributed by atoms with Gasteiger partial charge in [0.15, 0.2) is 0 Å². The van der Waals surface area contributed by atoms with Crippen molar-refractivity contribution in [1.29, 1.82) is 0 Å². The number of hydrogen-bond acceptors (Lipinski definition) is 2. The minimum atomic E-state index is 0.778. The van der Waals surface area contributed by atoms with Crippen LogP contribution in [0, 0.1) is 5.92 Å². The standard InChI is InChI=1S/C18H28N2/c1-2-19-17-10-5-8-15(17)12-14-20-13-6-9-16-7-3-4-11-18(16)20/h3-4,7,11,15,17,19H,2,5-6,8-10,12-14H2,1H3. The lowest BCUT2D eigenvalue weighted by molar-refractivity contribution is 0.385. The highest BCUT2D eigenvalue weighted by molar-refractivity contribution is 5.55. The predicted molar refractivity (Wildman–Crippen MR) is 86.4 cm³/mol. The maximum Gasteiger partial charge on any atom is 0.0398 e. The number of hydrogen-bond donors (Lipinski definition) is 1. The maximum atomic E-state index is 3.68. The third-order valence-electron chi connectivity index (χ3n) is 5.10. The van der Waals surface area contributed by atoms with Crippen molar-refractivity contribution in [2.45, 2.75) is 51.5 Å². The van der Waals surface area contributed by atoms with E-state index in [1.54, 1.807) is 5.56 Å². The molecule has 1 saturated carbocycles. The summed E-state index contributed by atoms with van der Waals surface area (Å²) in [6, 6.07) is 9.76. The second-order valence-corrected chi connectivity index (χ2v) is 6.36. The zero-order valence-corrected chi connectivity index (χ0v) is 12.8. The van der Waals surface area contributed by atoms with E-state index in [-0.39, 0.29) is 0 Å². The summed E-state index contributed by atoms with van der Waals surface area (Å²) in [5.41, 5.74) is 3.05. The fraction of sp³-hybridized carbons (Fsp3) is 0.667. The van der Waals surface area contributed by atoms with Crippen molar-refractivity contribution in [3.8, 4) is 0 Å². The summed E-state index contributed by atoms with van der Waals surface area (Å²) < 4.78 is 0. The van der Waals surface area contributed by atoms with Crippen LogP contribution < -0.4 is 10.2 Å². The Kier molecular flexibility index (Phi) is 4.62. The third kappa shape index (κ3) is 3.01. The number of rotatable bonds is 5. The van der Waals surface area contributed by atoms with Crippen molar-refractivity contribution in [1.82, 2.24) is 5.32 Å². The van der Waals surface area contributed by atoms with E-state index >= 15 is 0 Å². The van der Waals surface area contributed by atoms with Gasteiger partial charge in [0.2, 0.25) is 0 Å². The average molecular weight is 272 g/mol. The summed E-state index contributed by atoms with van der Waals surface area (Å²) in [6.45, 7) is 5.84. The van der Waals surface area contributed by atoms with Crippen molar-refractivity contribution in [2.75, 3.05) is 24.5 Å². The summed E-state index contributed by atoms with van der Waals surface area (Å²) in [4.78, 5) is 2.63. The number of aryl methyl sites for hydroxylation is 1. The molecule has 1 N–H and O–H groups in total. The summed E-state index contributed by atoms with van der Waals surface area (Å²) in [5.74, 6) is 0.893. The SMILES string of the molecule is CCNC1CCCC1CCN1CCCc2ccccc21. The lowest BCUT2D eigenvalue weighted by Gasteiger charge is -2.33. The lowest BCUT2D eigenvalue weighted by atomic mass is 9.97. The lowest BCUT2D eigenvalue weighted by Crippen LogP contribution is -2.36. The molecule has 1 aromatic rings. The van der Waals surface area contributed by atoms with Gasteiger partial charge in [-0.1, -0.05) is 31.5 Å². The van der Waals surface area contributed by atoms with Crippen LogP contribution in [0.25, 0.3) is 0 Å². The molecule has 0 bridgehead atoms. The molecule has 2 unspecified atom stereocenters. The highest BCUT2D eigenvalue weighted by Gasteiger charge is 2.27. The largest absolute Gasteiger partial charge is 0.371 e.